The minimum absolute atomic E-state index is 0.0744. The quantitative estimate of drug-likeness (QED) is 0.642. The van der Waals surface area contributed by atoms with Crippen molar-refractivity contribution in [3.63, 3.8) is 0 Å². The Balaban J connectivity index is 1.28. The molecule has 8 nitrogen and oxygen atoms in total. The summed E-state index contributed by atoms with van der Waals surface area (Å²) in [6.45, 7) is 1.85. The molecule has 5 rings (SSSR count). The molecule has 2 heterocycles. The summed E-state index contributed by atoms with van der Waals surface area (Å²) in [4.78, 5) is 31.4. The van der Waals surface area contributed by atoms with Crippen molar-refractivity contribution < 1.29 is 19.8 Å². The Morgan fingerprint density at radius 1 is 1.09 bits per heavy atom. The van der Waals surface area contributed by atoms with Gasteiger partial charge >= 0.3 is 0 Å². The van der Waals surface area contributed by atoms with Gasteiger partial charge in [0, 0.05) is 38.9 Å². The summed E-state index contributed by atoms with van der Waals surface area (Å²) in [5, 5.41) is 23.1. The molecule has 2 amide bonds. The molecule has 0 aromatic heterocycles. The molecule has 1 atom stereocenters. The predicted molar refractivity (Wildman–Crippen MR) is 126 cm³/mol. The van der Waals surface area contributed by atoms with Gasteiger partial charge in [0.05, 0.1) is 24.1 Å². The molecule has 0 bridgehead atoms. The number of fused-ring (bicyclic) bond motifs is 1. The third-order valence-corrected chi connectivity index (χ3v) is 6.99. The van der Waals surface area contributed by atoms with Crippen LogP contribution in [0.1, 0.15) is 29.6 Å². The minimum atomic E-state index is -1.24. The molecule has 2 aromatic rings. The van der Waals surface area contributed by atoms with E-state index in [0.29, 0.717) is 44.5 Å². The number of nitrogens with one attached hydrogen (secondary N) is 1. The summed E-state index contributed by atoms with van der Waals surface area (Å²) in [6, 6.07) is 13.6. The summed E-state index contributed by atoms with van der Waals surface area (Å²) >= 11 is 0. The van der Waals surface area contributed by atoms with E-state index in [-0.39, 0.29) is 24.5 Å². The molecule has 3 N–H and O–H groups in total. The standard InChI is InChI=1S/C25H30N4O4/c1-27-16-26-21-14-19(6-7-22(21)27)17-2-4-18(5-3-17)23(31)28-11-12-29(20(15-28)8-13-30)24(32)25(33)9-10-25/h2-7,14,20,26,30,33H,8-13,15-16H2,1H3/t20-/m0/s1. The lowest BCUT2D eigenvalue weighted by Gasteiger charge is -2.42. The molecule has 0 radical (unpaired) electrons. The van der Waals surface area contributed by atoms with E-state index in [4.69, 9.17) is 0 Å². The smallest absolute Gasteiger partial charge is 0.254 e. The van der Waals surface area contributed by atoms with Crippen LogP contribution in [0.5, 0.6) is 0 Å². The molecule has 1 saturated carbocycles. The van der Waals surface area contributed by atoms with Gasteiger partial charge in [-0.15, -0.1) is 0 Å². The van der Waals surface area contributed by atoms with Gasteiger partial charge in [0.25, 0.3) is 11.8 Å². The molecular weight excluding hydrogens is 420 g/mol. The number of carbonyl (C=O) groups is 2. The second kappa shape index (κ2) is 8.35. The van der Waals surface area contributed by atoms with Gasteiger partial charge < -0.3 is 30.2 Å². The number of aliphatic hydroxyl groups is 2. The van der Waals surface area contributed by atoms with E-state index in [2.05, 4.69) is 28.4 Å². The molecule has 1 aliphatic carbocycles. The Kier molecular flexibility index (Phi) is 5.50. The van der Waals surface area contributed by atoms with Crippen molar-refractivity contribution in [1.82, 2.24) is 9.80 Å². The van der Waals surface area contributed by atoms with Gasteiger partial charge in [0.1, 0.15) is 5.60 Å². The molecule has 2 aromatic carbocycles. The number of hydrogen-bond donors (Lipinski definition) is 3. The highest BCUT2D eigenvalue weighted by atomic mass is 16.3. The molecule has 3 aliphatic rings. The fourth-order valence-electron chi connectivity index (χ4n) is 4.77. The van der Waals surface area contributed by atoms with E-state index in [9.17, 15) is 19.8 Å². The first-order chi connectivity index (χ1) is 15.9. The highest BCUT2D eigenvalue weighted by Gasteiger charge is 2.52. The lowest BCUT2D eigenvalue weighted by molar-refractivity contribution is -0.147. The zero-order valence-electron chi connectivity index (χ0n) is 18.8. The molecule has 2 fully saturated rings. The fraction of sp³-hybridized carbons (Fsp3) is 0.440. The van der Waals surface area contributed by atoms with Crippen molar-refractivity contribution in [3.8, 4) is 11.1 Å². The summed E-state index contributed by atoms with van der Waals surface area (Å²) in [5.41, 5.74) is 3.77. The monoisotopic (exact) mass is 450 g/mol. The molecule has 1 saturated heterocycles. The van der Waals surface area contributed by atoms with Gasteiger partial charge in [-0.1, -0.05) is 18.2 Å². The third kappa shape index (κ3) is 4.05. The second-order valence-corrected chi connectivity index (χ2v) is 9.29. The van der Waals surface area contributed by atoms with Crippen LogP contribution >= 0.6 is 0 Å². The molecule has 0 spiro atoms. The zero-order valence-corrected chi connectivity index (χ0v) is 18.8. The third-order valence-electron chi connectivity index (χ3n) is 6.99. The normalized spacial score (nSPS) is 20.9. The SMILES string of the molecule is CN1CNc2cc(-c3ccc(C(=O)N4CCN(C(=O)C5(O)CC5)[C@@H](CCO)C4)cc3)ccc21. The largest absolute Gasteiger partial charge is 0.396 e. The highest BCUT2D eigenvalue weighted by Crippen LogP contribution is 2.38. The fourth-order valence-corrected chi connectivity index (χ4v) is 4.77. The van der Waals surface area contributed by atoms with Gasteiger partial charge in [-0.3, -0.25) is 9.59 Å². The summed E-state index contributed by atoms with van der Waals surface area (Å²) < 4.78 is 0. The van der Waals surface area contributed by atoms with Gasteiger partial charge in [-0.05, 0) is 54.7 Å². The first-order valence-corrected chi connectivity index (χ1v) is 11.5. The van der Waals surface area contributed by atoms with Crippen LogP contribution in [0.15, 0.2) is 42.5 Å². The van der Waals surface area contributed by atoms with Crippen LogP contribution in [0.3, 0.4) is 0 Å². The number of benzene rings is 2. The van der Waals surface area contributed by atoms with Crippen LogP contribution < -0.4 is 10.2 Å². The van der Waals surface area contributed by atoms with Gasteiger partial charge in [0.15, 0.2) is 0 Å². The van der Waals surface area contributed by atoms with Crippen LogP contribution in [-0.2, 0) is 4.79 Å². The Morgan fingerprint density at radius 3 is 2.52 bits per heavy atom. The average molecular weight is 451 g/mol. The van der Waals surface area contributed by atoms with E-state index in [0.717, 1.165) is 23.5 Å². The van der Waals surface area contributed by atoms with Gasteiger partial charge in [0.2, 0.25) is 0 Å². The first kappa shape index (κ1) is 21.7. The Morgan fingerprint density at radius 2 is 1.82 bits per heavy atom. The average Bonchev–Trinajstić information content (AvgIpc) is 3.49. The van der Waals surface area contributed by atoms with Crippen LogP contribution in [0.2, 0.25) is 0 Å². The predicted octanol–water partition coefficient (Wildman–Crippen LogP) is 1.73. The maximum absolute atomic E-state index is 13.2. The number of anilines is 2. The Labute approximate surface area is 193 Å². The number of carbonyl (C=O) groups excluding carboxylic acids is 2. The van der Waals surface area contributed by atoms with Crippen LogP contribution in [0.4, 0.5) is 11.4 Å². The Hall–Kier alpha value is -3.10. The minimum Gasteiger partial charge on any atom is -0.396 e. The van der Waals surface area contributed by atoms with E-state index >= 15 is 0 Å². The molecular formula is C25H30N4O4. The number of nitrogens with zero attached hydrogens (tertiary/aromatic N) is 3. The molecule has 174 valence electrons. The van der Waals surface area contributed by atoms with E-state index in [1.54, 1.807) is 9.80 Å². The summed E-state index contributed by atoms with van der Waals surface area (Å²) in [6.07, 6.45) is 1.35. The van der Waals surface area contributed by atoms with Crippen LogP contribution in [0.25, 0.3) is 11.1 Å². The van der Waals surface area contributed by atoms with Gasteiger partial charge in [-0.25, -0.2) is 0 Å². The zero-order chi connectivity index (χ0) is 23.2. The lowest BCUT2D eigenvalue weighted by atomic mass is 10.0. The Bertz CT molecular complexity index is 1070. The maximum atomic E-state index is 13.2. The van der Waals surface area contributed by atoms with E-state index < -0.39 is 5.60 Å². The first-order valence-electron chi connectivity index (χ1n) is 11.5. The van der Waals surface area contributed by atoms with Crippen molar-refractivity contribution in [2.24, 2.45) is 0 Å². The number of aliphatic hydroxyl groups excluding tert-OH is 1. The number of amides is 2. The number of piperazine rings is 1. The topological polar surface area (TPSA) is 96.4 Å². The maximum Gasteiger partial charge on any atom is 0.254 e. The lowest BCUT2D eigenvalue weighted by Crippen LogP contribution is -2.59. The molecule has 2 aliphatic heterocycles. The molecule has 0 unspecified atom stereocenters. The second-order valence-electron chi connectivity index (χ2n) is 9.29. The van der Waals surface area contributed by atoms with Crippen molar-refractivity contribution in [1.29, 1.82) is 0 Å². The summed E-state index contributed by atoms with van der Waals surface area (Å²) in [7, 11) is 2.05. The highest BCUT2D eigenvalue weighted by molar-refractivity contribution is 5.95. The van der Waals surface area contributed by atoms with E-state index in [1.807, 2.05) is 31.3 Å². The van der Waals surface area contributed by atoms with Crippen molar-refractivity contribution in [2.45, 2.75) is 30.9 Å². The molecule has 8 heteroatoms. The molecule has 33 heavy (non-hydrogen) atoms. The van der Waals surface area contributed by atoms with E-state index in [1.165, 1.54) is 5.69 Å². The van der Waals surface area contributed by atoms with Crippen molar-refractivity contribution >= 4 is 23.2 Å². The van der Waals surface area contributed by atoms with Crippen molar-refractivity contribution in [3.05, 3.63) is 48.0 Å². The number of hydrogen-bond acceptors (Lipinski definition) is 6. The van der Waals surface area contributed by atoms with Crippen molar-refractivity contribution in [2.75, 3.05) is 50.2 Å². The summed E-state index contributed by atoms with van der Waals surface area (Å²) in [5.74, 6) is -0.355. The van der Waals surface area contributed by atoms with Crippen LogP contribution in [-0.4, -0.2) is 83.4 Å². The van der Waals surface area contributed by atoms with Crippen LogP contribution in [0, 0.1) is 0 Å². The van der Waals surface area contributed by atoms with Gasteiger partial charge in [-0.2, -0.15) is 0 Å². The number of rotatable bonds is 5.